The number of aromatic nitrogens is 2. The van der Waals surface area contributed by atoms with Gasteiger partial charge in [0.2, 0.25) is 10.9 Å². The summed E-state index contributed by atoms with van der Waals surface area (Å²) in [4.78, 5) is 78.8. The number of aromatic hydroxyl groups is 1. The Bertz CT molecular complexity index is 2340. The van der Waals surface area contributed by atoms with Crippen LogP contribution in [0.1, 0.15) is 79.5 Å². The molecule has 4 atom stereocenters. The summed E-state index contributed by atoms with van der Waals surface area (Å²) < 4.78 is 67.5. The number of amides is 2. The summed E-state index contributed by atoms with van der Waals surface area (Å²) in [5.74, 6) is -5.85. The number of halogens is 5. The fourth-order valence-electron chi connectivity index (χ4n) is 7.54. The van der Waals surface area contributed by atoms with Crippen molar-refractivity contribution in [1.29, 1.82) is 0 Å². The number of pyridine rings is 2. The summed E-state index contributed by atoms with van der Waals surface area (Å²) in [7, 11) is 0. The minimum atomic E-state index is -0.944. The van der Waals surface area contributed by atoms with E-state index in [1.807, 2.05) is 6.92 Å². The molecule has 0 spiro atoms. The highest BCUT2D eigenvalue weighted by Crippen LogP contribution is 2.31. The Hall–Kier alpha value is -5.65. The average Bonchev–Trinajstić information content (AvgIpc) is 3.75. The van der Waals surface area contributed by atoms with Crippen molar-refractivity contribution in [3.05, 3.63) is 131 Å². The van der Waals surface area contributed by atoms with Crippen molar-refractivity contribution in [2.75, 3.05) is 13.2 Å². The van der Waals surface area contributed by atoms with Gasteiger partial charge in [-0.3, -0.25) is 28.8 Å². The van der Waals surface area contributed by atoms with E-state index in [9.17, 15) is 51.4 Å². The SMILES string of the molecule is C[C@H]1CO[C@@H]2Cn3cc(C(=O)CCc4ccc(F)cc4F)c(=O)c(Cl)c3C(=O)N12.C[C@H]1CO[C@@H]2Cn3cc(C(=O)CCc4ccc(F)cc4F)c(=O)c(O)c3C(=O)N12. The molecule has 4 aliphatic heterocycles. The second-order valence-electron chi connectivity index (χ2n) is 14.4. The highest BCUT2D eigenvalue weighted by atomic mass is 35.5. The third-order valence-corrected chi connectivity index (χ3v) is 10.9. The molecule has 4 aliphatic rings. The molecule has 0 radical (unpaired) electrons. The van der Waals surface area contributed by atoms with Crippen molar-refractivity contribution in [1.82, 2.24) is 18.9 Å². The lowest BCUT2D eigenvalue weighted by molar-refractivity contribution is 0.00580. The molecule has 0 aliphatic carbocycles. The van der Waals surface area contributed by atoms with Crippen LogP contribution in [0, 0.1) is 23.3 Å². The van der Waals surface area contributed by atoms with Crippen LogP contribution in [0.5, 0.6) is 5.75 Å². The van der Waals surface area contributed by atoms with E-state index in [4.69, 9.17) is 21.1 Å². The number of aryl methyl sites for hydroxylation is 2. The van der Waals surface area contributed by atoms with Gasteiger partial charge in [-0.25, -0.2) is 17.6 Å². The van der Waals surface area contributed by atoms with Crippen LogP contribution in [0.2, 0.25) is 5.02 Å². The van der Waals surface area contributed by atoms with Gasteiger partial charge in [0.1, 0.15) is 34.0 Å². The molecular weight excluding hydrogens is 792 g/mol. The van der Waals surface area contributed by atoms with Gasteiger partial charge in [-0.2, -0.15) is 0 Å². The van der Waals surface area contributed by atoms with Crippen LogP contribution in [0.25, 0.3) is 0 Å². The van der Waals surface area contributed by atoms with Crippen LogP contribution in [0.15, 0.2) is 58.4 Å². The summed E-state index contributed by atoms with van der Waals surface area (Å²) >= 11 is 6.18. The number of ketones is 2. The van der Waals surface area contributed by atoms with Crippen LogP contribution >= 0.6 is 11.6 Å². The van der Waals surface area contributed by atoms with E-state index in [1.54, 1.807) is 11.8 Å². The number of benzene rings is 2. The van der Waals surface area contributed by atoms with Crippen molar-refractivity contribution in [3.63, 3.8) is 0 Å². The molecule has 0 bridgehead atoms. The van der Waals surface area contributed by atoms with E-state index < -0.39 is 75.7 Å². The van der Waals surface area contributed by atoms with Crippen LogP contribution in [-0.2, 0) is 35.4 Å². The molecule has 2 aromatic heterocycles. The first-order valence-corrected chi connectivity index (χ1v) is 18.7. The zero-order chi connectivity index (χ0) is 41.7. The van der Waals surface area contributed by atoms with Gasteiger partial charge in [-0.1, -0.05) is 23.7 Å². The topological polar surface area (TPSA) is 157 Å². The van der Waals surface area contributed by atoms with Crippen LogP contribution in [0.3, 0.4) is 0 Å². The maximum Gasteiger partial charge on any atom is 0.276 e. The first-order valence-electron chi connectivity index (χ1n) is 18.3. The number of carbonyl (C=O) groups is 4. The van der Waals surface area contributed by atoms with Crippen molar-refractivity contribution in [2.45, 2.75) is 77.2 Å². The van der Waals surface area contributed by atoms with Gasteiger partial charge < -0.3 is 33.5 Å². The molecular formula is C40H35ClF4N4O9. The minimum Gasteiger partial charge on any atom is -0.503 e. The highest BCUT2D eigenvalue weighted by molar-refractivity contribution is 6.34. The molecule has 58 heavy (non-hydrogen) atoms. The molecule has 0 unspecified atom stereocenters. The van der Waals surface area contributed by atoms with E-state index in [0.717, 1.165) is 24.3 Å². The van der Waals surface area contributed by atoms with Gasteiger partial charge in [-0.05, 0) is 49.9 Å². The second kappa shape index (κ2) is 15.9. The molecule has 2 fully saturated rings. The molecule has 6 heterocycles. The zero-order valence-electron chi connectivity index (χ0n) is 31.0. The van der Waals surface area contributed by atoms with Crippen molar-refractivity contribution in [2.24, 2.45) is 0 Å². The Morgan fingerprint density at radius 1 is 0.707 bits per heavy atom. The Labute approximate surface area is 331 Å². The predicted molar refractivity (Wildman–Crippen MR) is 197 cm³/mol. The van der Waals surface area contributed by atoms with Gasteiger partial charge >= 0.3 is 0 Å². The minimum absolute atomic E-state index is 0.000281. The summed E-state index contributed by atoms with van der Waals surface area (Å²) in [6.07, 6.45) is 1.11. The number of rotatable bonds is 8. The molecule has 4 aromatic rings. The van der Waals surface area contributed by atoms with E-state index >= 15 is 0 Å². The molecule has 1 N–H and O–H groups in total. The van der Waals surface area contributed by atoms with Crippen LogP contribution in [-0.4, -0.2) is 85.2 Å². The third kappa shape index (κ3) is 7.44. The molecule has 13 nitrogen and oxygen atoms in total. The Balaban J connectivity index is 0.000000177. The lowest BCUT2D eigenvalue weighted by atomic mass is 10.0. The van der Waals surface area contributed by atoms with E-state index in [2.05, 4.69) is 0 Å². The Kier molecular flexibility index (Phi) is 11.1. The number of nitrogens with zero attached hydrogens (tertiary/aromatic N) is 4. The smallest absolute Gasteiger partial charge is 0.276 e. The average molecular weight is 827 g/mol. The van der Waals surface area contributed by atoms with E-state index in [1.165, 1.54) is 38.6 Å². The van der Waals surface area contributed by atoms with Crippen LogP contribution < -0.4 is 10.9 Å². The third-order valence-electron chi connectivity index (χ3n) is 10.6. The monoisotopic (exact) mass is 826 g/mol. The van der Waals surface area contributed by atoms with E-state index in [-0.39, 0.29) is 89.5 Å². The van der Waals surface area contributed by atoms with Gasteiger partial charge in [0.05, 0.1) is 49.5 Å². The van der Waals surface area contributed by atoms with Crippen molar-refractivity contribution >= 4 is 35.0 Å². The van der Waals surface area contributed by atoms with Gasteiger partial charge in [0.25, 0.3) is 11.8 Å². The number of Topliss-reactive ketones (excluding diaryl/α,β-unsaturated/α-hetero) is 2. The quantitative estimate of drug-likeness (QED) is 0.198. The lowest BCUT2D eigenvalue weighted by Gasteiger charge is -2.33. The summed E-state index contributed by atoms with van der Waals surface area (Å²) in [5.41, 5.74) is -1.97. The van der Waals surface area contributed by atoms with Crippen molar-refractivity contribution < 1.29 is 51.3 Å². The molecule has 0 saturated carbocycles. The Morgan fingerprint density at radius 2 is 1.14 bits per heavy atom. The van der Waals surface area contributed by atoms with Gasteiger partial charge in [-0.15, -0.1) is 0 Å². The van der Waals surface area contributed by atoms with Crippen molar-refractivity contribution in [3.8, 4) is 5.75 Å². The number of ether oxygens (including phenoxy) is 2. The second-order valence-corrected chi connectivity index (χ2v) is 14.8. The maximum atomic E-state index is 13.8. The number of carbonyl (C=O) groups excluding carboxylic acids is 4. The molecule has 2 aromatic carbocycles. The van der Waals surface area contributed by atoms with Crippen LogP contribution in [0.4, 0.5) is 17.6 Å². The first-order chi connectivity index (χ1) is 27.5. The summed E-state index contributed by atoms with van der Waals surface area (Å²) in [5, 5.41) is 10.0. The maximum absolute atomic E-state index is 13.8. The number of hydrogen-bond acceptors (Lipinski definition) is 9. The largest absolute Gasteiger partial charge is 0.503 e. The standard InChI is InChI=1S/C20H17ClF2N2O4.C20H18F2N2O5/c1-10-9-29-16-8-24-7-13(19(27)17(21)18(24)20(28)25(10)16)15(26)5-3-11-2-4-12(22)6-14(11)23;1-10-9-29-16-8-23-7-13(18(26)19(27)17(23)20(28)24(10)16)15(25)5-3-11-2-4-12(21)6-14(11)22/h2,4,6-7,10,16H,3,5,8-9H2,1H3;2,4,6-7,10,16,27H,3,5,8-9H2,1H3/t2*10-,16+/m00/s1. The van der Waals surface area contributed by atoms with E-state index in [0.29, 0.717) is 13.2 Å². The number of hydrogen-bond donors (Lipinski definition) is 1. The zero-order valence-corrected chi connectivity index (χ0v) is 31.7. The fraction of sp³-hybridized carbons (Fsp3) is 0.350. The molecule has 2 saturated heterocycles. The number of fused-ring (bicyclic) bond motifs is 4. The Morgan fingerprint density at radius 3 is 1.60 bits per heavy atom. The summed E-state index contributed by atoms with van der Waals surface area (Å²) in [6.45, 7) is 4.78. The van der Waals surface area contributed by atoms with Gasteiger partial charge in [0, 0.05) is 37.4 Å². The van der Waals surface area contributed by atoms with Gasteiger partial charge in [0.15, 0.2) is 35.5 Å². The predicted octanol–water partition coefficient (Wildman–Crippen LogP) is 4.64. The highest BCUT2D eigenvalue weighted by Gasteiger charge is 2.44. The normalized spacial score (nSPS) is 20.5. The fourth-order valence-corrected chi connectivity index (χ4v) is 7.83. The lowest BCUT2D eigenvalue weighted by Crippen LogP contribution is -2.49. The molecule has 304 valence electrons. The molecule has 18 heteroatoms. The molecule has 2 amide bonds. The first kappa shape index (κ1) is 40.5. The molecule has 8 rings (SSSR count). The summed E-state index contributed by atoms with van der Waals surface area (Å²) in [6, 6.07) is 5.82.